The maximum atomic E-state index is 11.6. The summed E-state index contributed by atoms with van der Waals surface area (Å²) < 4.78 is 8.71. The first-order chi connectivity index (χ1) is 8.56. The molecule has 0 atom stereocenters. The topological polar surface area (TPSA) is 76.5 Å². The monoisotopic (exact) mass is 283 g/mol. The number of aromatic nitrogens is 1. The second-order valence-electron chi connectivity index (χ2n) is 3.22. The van der Waals surface area contributed by atoms with Gasteiger partial charge < -0.3 is 9.84 Å². The Bertz CT molecular complexity index is 593. The highest BCUT2D eigenvalue weighted by Gasteiger charge is 2.16. The molecule has 18 heavy (non-hydrogen) atoms. The van der Waals surface area contributed by atoms with Gasteiger partial charge >= 0.3 is 11.9 Å². The number of ether oxygens (including phenoxy) is 1. The summed E-state index contributed by atoms with van der Waals surface area (Å²) in [5.74, 6) is -1.52. The molecule has 1 heterocycles. The van der Waals surface area contributed by atoms with Gasteiger partial charge in [0.15, 0.2) is 5.69 Å². The average Bonchev–Trinajstić information content (AvgIpc) is 2.81. The fourth-order valence-corrected chi connectivity index (χ4v) is 1.83. The highest BCUT2D eigenvalue weighted by Crippen LogP contribution is 2.17. The lowest BCUT2D eigenvalue weighted by atomic mass is 10.3. The molecule has 7 heteroatoms. The van der Waals surface area contributed by atoms with Gasteiger partial charge in [0.1, 0.15) is 10.6 Å². The van der Waals surface area contributed by atoms with Crippen LogP contribution in [0.1, 0.15) is 20.2 Å². The number of nitrogens with zero attached hydrogens (tertiary/aromatic N) is 1. The Morgan fingerprint density at radius 2 is 1.94 bits per heavy atom. The lowest BCUT2D eigenvalue weighted by Crippen LogP contribution is -2.08. The predicted octanol–water partition coefficient (Wildman–Crippen LogP) is 2.71. The van der Waals surface area contributed by atoms with Gasteiger partial charge in [-0.15, -0.1) is 0 Å². The van der Waals surface area contributed by atoms with E-state index in [1.54, 1.807) is 12.1 Å². The van der Waals surface area contributed by atoms with Crippen molar-refractivity contribution in [3.05, 3.63) is 45.9 Å². The van der Waals surface area contributed by atoms with E-state index in [-0.39, 0.29) is 10.6 Å². The third-order valence-corrected chi connectivity index (χ3v) is 2.98. The quantitative estimate of drug-likeness (QED) is 0.692. The van der Waals surface area contributed by atoms with Crippen molar-refractivity contribution >= 4 is 35.1 Å². The largest absolute Gasteiger partial charge is 0.477 e. The number of carboxylic acid groups (broad SMARTS) is 1. The number of hydrogen-bond donors (Lipinski definition) is 1. The molecule has 0 saturated heterocycles. The summed E-state index contributed by atoms with van der Waals surface area (Å²) in [7, 11) is 0. The Morgan fingerprint density at radius 3 is 2.50 bits per heavy atom. The van der Waals surface area contributed by atoms with Gasteiger partial charge in [0.25, 0.3) is 0 Å². The van der Waals surface area contributed by atoms with Crippen LogP contribution in [0.25, 0.3) is 0 Å². The number of rotatable bonds is 3. The predicted molar refractivity (Wildman–Crippen MR) is 65.5 cm³/mol. The SMILES string of the molecule is O=C(Oc1ccc(Cl)cc1)c1cc(C(=O)O)sn1. The van der Waals surface area contributed by atoms with Gasteiger partial charge in [-0.1, -0.05) is 11.6 Å². The number of hydrogen-bond acceptors (Lipinski definition) is 5. The fourth-order valence-electron chi connectivity index (χ4n) is 1.13. The van der Waals surface area contributed by atoms with Crippen molar-refractivity contribution in [1.82, 2.24) is 4.37 Å². The molecule has 0 bridgehead atoms. The molecule has 0 amide bonds. The van der Waals surface area contributed by atoms with Crippen LogP contribution in [0.3, 0.4) is 0 Å². The molecular formula is C11H6ClNO4S. The van der Waals surface area contributed by atoms with E-state index in [2.05, 4.69) is 4.37 Å². The molecule has 2 aromatic rings. The van der Waals surface area contributed by atoms with Crippen LogP contribution in [0, 0.1) is 0 Å². The smallest absolute Gasteiger partial charge is 0.363 e. The maximum absolute atomic E-state index is 11.6. The van der Waals surface area contributed by atoms with Crippen LogP contribution in [0.4, 0.5) is 0 Å². The van der Waals surface area contributed by atoms with Crippen LogP contribution >= 0.6 is 23.1 Å². The summed E-state index contributed by atoms with van der Waals surface area (Å²) in [5.41, 5.74) is -0.0349. The molecule has 0 spiro atoms. The third-order valence-electron chi connectivity index (χ3n) is 1.95. The fraction of sp³-hybridized carbons (Fsp3) is 0. The van der Waals surface area contributed by atoms with Crippen LogP contribution in [0.2, 0.25) is 5.02 Å². The molecule has 0 unspecified atom stereocenters. The molecule has 92 valence electrons. The van der Waals surface area contributed by atoms with E-state index in [1.165, 1.54) is 18.2 Å². The molecule has 0 aliphatic carbocycles. The second kappa shape index (κ2) is 5.16. The Morgan fingerprint density at radius 1 is 1.28 bits per heavy atom. The summed E-state index contributed by atoms with van der Waals surface area (Å²) in [5, 5.41) is 9.23. The van der Waals surface area contributed by atoms with Crippen molar-refractivity contribution in [2.45, 2.75) is 0 Å². The van der Waals surface area contributed by atoms with Gasteiger partial charge in [0, 0.05) is 5.02 Å². The molecule has 1 aromatic heterocycles. The van der Waals surface area contributed by atoms with Crippen molar-refractivity contribution in [2.24, 2.45) is 0 Å². The minimum Gasteiger partial charge on any atom is -0.477 e. The molecule has 0 fully saturated rings. The van der Waals surface area contributed by atoms with E-state index in [0.29, 0.717) is 10.8 Å². The second-order valence-corrected chi connectivity index (χ2v) is 4.47. The number of carboxylic acids is 1. The number of aromatic carboxylic acids is 1. The van der Waals surface area contributed by atoms with E-state index in [4.69, 9.17) is 21.4 Å². The molecule has 0 aliphatic heterocycles. The third kappa shape index (κ3) is 2.85. The molecule has 0 radical (unpaired) electrons. The minimum absolute atomic E-state index is 0.0157. The number of benzene rings is 1. The van der Waals surface area contributed by atoms with Gasteiger partial charge in [-0.25, -0.2) is 9.59 Å². The zero-order chi connectivity index (χ0) is 13.1. The van der Waals surface area contributed by atoms with Crippen molar-refractivity contribution in [3.8, 4) is 5.75 Å². The van der Waals surface area contributed by atoms with Gasteiger partial charge in [-0.3, -0.25) is 0 Å². The first kappa shape index (κ1) is 12.5. The van der Waals surface area contributed by atoms with Gasteiger partial charge in [0.2, 0.25) is 0 Å². The standard InChI is InChI=1S/C11H6ClNO4S/c12-6-1-3-7(4-2-6)17-11(16)8-5-9(10(14)15)18-13-8/h1-5H,(H,14,15). The summed E-state index contributed by atoms with van der Waals surface area (Å²) in [6, 6.07) is 7.39. The zero-order valence-electron chi connectivity index (χ0n) is 8.79. The number of carbonyl (C=O) groups is 2. The summed E-state index contributed by atoms with van der Waals surface area (Å²) >= 11 is 6.41. The molecular weight excluding hydrogens is 278 g/mol. The zero-order valence-corrected chi connectivity index (χ0v) is 10.4. The highest BCUT2D eigenvalue weighted by molar-refractivity contribution is 7.08. The van der Waals surface area contributed by atoms with E-state index < -0.39 is 11.9 Å². The van der Waals surface area contributed by atoms with Crippen molar-refractivity contribution in [1.29, 1.82) is 0 Å². The van der Waals surface area contributed by atoms with Crippen LogP contribution in [0.15, 0.2) is 30.3 Å². The Hall–Kier alpha value is -1.92. The Labute approximate surface area is 111 Å². The minimum atomic E-state index is -1.13. The molecule has 2 rings (SSSR count). The number of esters is 1. The average molecular weight is 284 g/mol. The molecule has 0 saturated carbocycles. The summed E-state index contributed by atoms with van der Waals surface area (Å²) in [6.45, 7) is 0. The van der Waals surface area contributed by atoms with Crippen LogP contribution < -0.4 is 4.74 Å². The van der Waals surface area contributed by atoms with E-state index >= 15 is 0 Å². The van der Waals surface area contributed by atoms with Gasteiger partial charge in [-0.05, 0) is 41.9 Å². The summed E-state index contributed by atoms with van der Waals surface area (Å²) in [4.78, 5) is 22.3. The number of carbonyl (C=O) groups excluding carboxylic acids is 1. The van der Waals surface area contributed by atoms with Crippen LogP contribution in [0.5, 0.6) is 5.75 Å². The van der Waals surface area contributed by atoms with Crippen LogP contribution in [-0.2, 0) is 0 Å². The van der Waals surface area contributed by atoms with Gasteiger partial charge in [0.05, 0.1) is 0 Å². The van der Waals surface area contributed by atoms with E-state index in [1.807, 2.05) is 0 Å². The van der Waals surface area contributed by atoms with E-state index in [9.17, 15) is 9.59 Å². The molecule has 1 aromatic carbocycles. The van der Waals surface area contributed by atoms with Crippen molar-refractivity contribution in [2.75, 3.05) is 0 Å². The normalized spacial score (nSPS) is 10.1. The first-order valence-corrected chi connectivity index (χ1v) is 5.89. The Kier molecular flexibility index (Phi) is 3.59. The van der Waals surface area contributed by atoms with Crippen molar-refractivity contribution in [3.63, 3.8) is 0 Å². The first-order valence-electron chi connectivity index (χ1n) is 4.74. The van der Waals surface area contributed by atoms with Crippen molar-refractivity contribution < 1.29 is 19.4 Å². The molecule has 5 nitrogen and oxygen atoms in total. The number of halogens is 1. The lowest BCUT2D eigenvalue weighted by molar-refractivity contribution is 0.0702. The lowest BCUT2D eigenvalue weighted by Gasteiger charge is -2.01. The highest BCUT2D eigenvalue weighted by atomic mass is 35.5. The molecule has 1 N–H and O–H groups in total. The van der Waals surface area contributed by atoms with Gasteiger partial charge in [-0.2, -0.15) is 4.37 Å². The maximum Gasteiger partial charge on any atom is 0.363 e. The summed E-state index contributed by atoms with van der Waals surface area (Å²) in [6.07, 6.45) is 0. The Balaban J connectivity index is 2.11. The molecule has 0 aliphatic rings. The van der Waals surface area contributed by atoms with E-state index in [0.717, 1.165) is 11.5 Å². The van der Waals surface area contributed by atoms with Crippen LogP contribution in [-0.4, -0.2) is 21.4 Å².